The highest BCUT2D eigenvalue weighted by atomic mass is 35.5. The van der Waals surface area contributed by atoms with Gasteiger partial charge in [0, 0.05) is 23.7 Å². The second-order valence-corrected chi connectivity index (χ2v) is 6.08. The SMILES string of the molecule is C=CCn1c(=O)[nH]c2cc(C(=O)NCc3ccccc3Cl)ccc2c1=O. The minimum atomic E-state index is -0.545. The molecule has 1 aromatic heterocycles. The van der Waals surface area contributed by atoms with Gasteiger partial charge in [-0.15, -0.1) is 6.58 Å². The van der Waals surface area contributed by atoms with Crippen molar-refractivity contribution >= 4 is 28.4 Å². The van der Waals surface area contributed by atoms with Crippen molar-refractivity contribution in [2.24, 2.45) is 0 Å². The number of hydrogen-bond donors (Lipinski definition) is 2. The molecule has 3 aromatic rings. The first kappa shape index (κ1) is 17.7. The van der Waals surface area contributed by atoms with Gasteiger partial charge in [-0.25, -0.2) is 4.79 Å². The smallest absolute Gasteiger partial charge is 0.329 e. The molecule has 0 aliphatic heterocycles. The largest absolute Gasteiger partial charge is 0.348 e. The molecule has 0 aliphatic carbocycles. The van der Waals surface area contributed by atoms with Crippen molar-refractivity contribution in [1.29, 1.82) is 0 Å². The number of amides is 1. The lowest BCUT2D eigenvalue weighted by Crippen LogP contribution is -2.34. The molecular weight excluding hydrogens is 354 g/mol. The highest BCUT2D eigenvalue weighted by molar-refractivity contribution is 6.31. The fraction of sp³-hybridized carbons (Fsp3) is 0.105. The van der Waals surface area contributed by atoms with E-state index in [2.05, 4.69) is 16.9 Å². The van der Waals surface area contributed by atoms with Crippen LogP contribution in [0.5, 0.6) is 0 Å². The summed E-state index contributed by atoms with van der Waals surface area (Å²) in [6, 6.07) is 11.8. The van der Waals surface area contributed by atoms with E-state index in [1.807, 2.05) is 18.2 Å². The monoisotopic (exact) mass is 369 g/mol. The lowest BCUT2D eigenvalue weighted by molar-refractivity contribution is 0.0951. The second kappa shape index (κ2) is 7.41. The second-order valence-electron chi connectivity index (χ2n) is 5.67. The molecule has 1 amide bonds. The minimum absolute atomic E-state index is 0.115. The van der Waals surface area contributed by atoms with E-state index in [1.165, 1.54) is 18.2 Å². The third kappa shape index (κ3) is 3.45. The van der Waals surface area contributed by atoms with Crippen molar-refractivity contribution in [2.45, 2.75) is 13.1 Å². The van der Waals surface area contributed by atoms with Crippen LogP contribution in [0.25, 0.3) is 10.9 Å². The molecule has 0 saturated carbocycles. The Labute approximate surface area is 153 Å². The Kier molecular flexibility index (Phi) is 5.04. The summed E-state index contributed by atoms with van der Waals surface area (Å²) >= 11 is 6.07. The molecule has 132 valence electrons. The van der Waals surface area contributed by atoms with Crippen molar-refractivity contribution < 1.29 is 4.79 Å². The average Bonchev–Trinajstić information content (AvgIpc) is 2.63. The van der Waals surface area contributed by atoms with Crippen LogP contribution in [0.15, 0.2) is 64.7 Å². The van der Waals surface area contributed by atoms with E-state index in [0.717, 1.165) is 10.1 Å². The number of aromatic nitrogens is 2. The Morgan fingerprint density at radius 3 is 2.73 bits per heavy atom. The number of allylic oxidation sites excluding steroid dienone is 1. The zero-order valence-electron chi connectivity index (χ0n) is 13.8. The van der Waals surface area contributed by atoms with Crippen LogP contribution in [0.2, 0.25) is 5.02 Å². The van der Waals surface area contributed by atoms with Gasteiger partial charge in [0.25, 0.3) is 11.5 Å². The molecule has 3 rings (SSSR count). The van der Waals surface area contributed by atoms with E-state index < -0.39 is 11.2 Å². The normalized spacial score (nSPS) is 10.7. The highest BCUT2D eigenvalue weighted by Crippen LogP contribution is 2.15. The van der Waals surface area contributed by atoms with E-state index in [0.29, 0.717) is 21.5 Å². The van der Waals surface area contributed by atoms with Crippen LogP contribution >= 0.6 is 11.6 Å². The zero-order valence-corrected chi connectivity index (χ0v) is 14.5. The molecular formula is C19H16ClN3O3. The van der Waals surface area contributed by atoms with E-state index in [-0.39, 0.29) is 19.0 Å². The maximum atomic E-state index is 12.4. The fourth-order valence-electron chi connectivity index (χ4n) is 2.61. The van der Waals surface area contributed by atoms with Gasteiger partial charge in [-0.05, 0) is 29.8 Å². The van der Waals surface area contributed by atoms with Crippen LogP contribution < -0.4 is 16.6 Å². The van der Waals surface area contributed by atoms with E-state index in [9.17, 15) is 14.4 Å². The van der Waals surface area contributed by atoms with Crippen LogP contribution in [0, 0.1) is 0 Å². The predicted octanol–water partition coefficient (Wildman–Crippen LogP) is 2.46. The number of fused-ring (bicyclic) bond motifs is 1. The van der Waals surface area contributed by atoms with Gasteiger partial charge in [0.05, 0.1) is 10.9 Å². The third-order valence-electron chi connectivity index (χ3n) is 3.95. The Morgan fingerprint density at radius 2 is 2.00 bits per heavy atom. The van der Waals surface area contributed by atoms with Gasteiger partial charge in [0.15, 0.2) is 0 Å². The van der Waals surface area contributed by atoms with E-state index >= 15 is 0 Å². The fourth-order valence-corrected chi connectivity index (χ4v) is 2.81. The average molecular weight is 370 g/mol. The molecule has 0 saturated heterocycles. The molecule has 1 heterocycles. The molecule has 0 radical (unpaired) electrons. The summed E-state index contributed by atoms with van der Waals surface area (Å²) < 4.78 is 1.05. The quantitative estimate of drug-likeness (QED) is 0.677. The van der Waals surface area contributed by atoms with Crippen LogP contribution in [-0.4, -0.2) is 15.5 Å². The van der Waals surface area contributed by atoms with E-state index in [4.69, 9.17) is 11.6 Å². The number of halogens is 1. The summed E-state index contributed by atoms with van der Waals surface area (Å²) in [6.45, 7) is 3.92. The standard InChI is InChI=1S/C19H16ClN3O3/c1-2-9-23-18(25)14-8-7-12(10-16(14)22-19(23)26)17(24)21-11-13-5-3-4-6-15(13)20/h2-8,10H,1,9,11H2,(H,21,24)(H,22,26). The first-order valence-electron chi connectivity index (χ1n) is 7.90. The van der Waals surface area contributed by atoms with Crippen LogP contribution in [0.1, 0.15) is 15.9 Å². The van der Waals surface area contributed by atoms with Crippen molar-refractivity contribution in [3.63, 3.8) is 0 Å². The maximum Gasteiger partial charge on any atom is 0.329 e. The number of nitrogens with zero attached hydrogens (tertiary/aromatic N) is 1. The maximum absolute atomic E-state index is 12.4. The Morgan fingerprint density at radius 1 is 1.23 bits per heavy atom. The number of H-pyrrole nitrogens is 1. The number of rotatable bonds is 5. The number of hydrogen-bond acceptors (Lipinski definition) is 3. The van der Waals surface area contributed by atoms with Gasteiger partial charge in [-0.2, -0.15) is 0 Å². The summed E-state index contributed by atoms with van der Waals surface area (Å²) in [6.07, 6.45) is 1.47. The van der Waals surface area contributed by atoms with Crippen molar-refractivity contribution in [1.82, 2.24) is 14.9 Å². The molecule has 0 spiro atoms. The molecule has 7 heteroatoms. The predicted molar refractivity (Wildman–Crippen MR) is 102 cm³/mol. The van der Waals surface area contributed by atoms with Crippen molar-refractivity contribution in [3.05, 3.63) is 92.1 Å². The van der Waals surface area contributed by atoms with Gasteiger partial charge in [-0.1, -0.05) is 35.9 Å². The van der Waals surface area contributed by atoms with Crippen molar-refractivity contribution in [3.8, 4) is 0 Å². The Hall–Kier alpha value is -3.12. The zero-order chi connectivity index (χ0) is 18.7. The molecule has 2 aromatic carbocycles. The first-order valence-corrected chi connectivity index (χ1v) is 8.28. The molecule has 2 N–H and O–H groups in total. The summed E-state index contributed by atoms with van der Waals surface area (Å²) in [5, 5.41) is 3.67. The van der Waals surface area contributed by atoms with Crippen LogP contribution in [0.4, 0.5) is 0 Å². The van der Waals surface area contributed by atoms with Gasteiger partial charge < -0.3 is 10.3 Å². The molecule has 0 fully saturated rings. The Balaban J connectivity index is 1.89. The van der Waals surface area contributed by atoms with Crippen LogP contribution in [-0.2, 0) is 13.1 Å². The number of nitrogens with one attached hydrogen (secondary N) is 2. The van der Waals surface area contributed by atoms with Gasteiger partial charge in [0.2, 0.25) is 0 Å². The van der Waals surface area contributed by atoms with E-state index in [1.54, 1.807) is 12.1 Å². The van der Waals surface area contributed by atoms with Crippen LogP contribution in [0.3, 0.4) is 0 Å². The number of carbonyl (C=O) groups excluding carboxylic acids is 1. The molecule has 0 unspecified atom stereocenters. The summed E-state index contributed by atoms with van der Waals surface area (Å²) in [7, 11) is 0. The lowest BCUT2D eigenvalue weighted by Gasteiger charge is -2.08. The van der Waals surface area contributed by atoms with Gasteiger partial charge >= 0.3 is 5.69 Å². The highest BCUT2D eigenvalue weighted by Gasteiger charge is 2.11. The number of carbonyl (C=O) groups is 1. The summed E-state index contributed by atoms with van der Waals surface area (Å²) in [5.74, 6) is -0.331. The molecule has 26 heavy (non-hydrogen) atoms. The summed E-state index contributed by atoms with van der Waals surface area (Å²) in [5.41, 5.74) is 0.471. The topological polar surface area (TPSA) is 84.0 Å². The molecule has 6 nitrogen and oxygen atoms in total. The van der Waals surface area contributed by atoms with Gasteiger partial charge in [-0.3, -0.25) is 14.2 Å². The minimum Gasteiger partial charge on any atom is -0.348 e. The molecule has 0 atom stereocenters. The Bertz CT molecular complexity index is 1110. The number of benzene rings is 2. The van der Waals surface area contributed by atoms with Crippen molar-refractivity contribution in [2.75, 3.05) is 0 Å². The third-order valence-corrected chi connectivity index (χ3v) is 4.32. The molecule has 0 bridgehead atoms. The summed E-state index contributed by atoms with van der Waals surface area (Å²) in [4.78, 5) is 39.4. The number of aromatic amines is 1. The molecule has 0 aliphatic rings. The van der Waals surface area contributed by atoms with Gasteiger partial charge in [0.1, 0.15) is 0 Å². The first-order chi connectivity index (χ1) is 12.5. The lowest BCUT2D eigenvalue weighted by atomic mass is 10.1.